The zero-order valence-corrected chi connectivity index (χ0v) is 12.0. The van der Waals surface area contributed by atoms with Crippen LogP contribution >= 0.6 is 0 Å². The summed E-state index contributed by atoms with van der Waals surface area (Å²) in [5, 5.41) is 23.9. The molecule has 1 saturated carbocycles. The van der Waals surface area contributed by atoms with Crippen LogP contribution in [0.1, 0.15) is 29.8 Å². The molecule has 7 nitrogen and oxygen atoms in total. The number of carbonyl (C=O) groups excluding carboxylic acids is 1. The Labute approximate surface area is 123 Å². The van der Waals surface area contributed by atoms with Gasteiger partial charge in [-0.05, 0) is 31.4 Å². The van der Waals surface area contributed by atoms with Crippen LogP contribution in [0, 0.1) is 5.41 Å². The predicted molar refractivity (Wildman–Crippen MR) is 75.9 cm³/mol. The molecule has 2 heterocycles. The van der Waals surface area contributed by atoms with Crippen molar-refractivity contribution in [2.75, 3.05) is 25.6 Å². The van der Waals surface area contributed by atoms with E-state index in [1.54, 1.807) is 19.2 Å². The molecule has 1 spiro atoms. The molecule has 3 rings (SSSR count). The number of anilines is 1. The number of ether oxygens (including phenoxy) is 1. The van der Waals surface area contributed by atoms with Gasteiger partial charge in [-0.1, -0.05) is 0 Å². The van der Waals surface area contributed by atoms with Crippen molar-refractivity contribution in [3.63, 3.8) is 0 Å². The van der Waals surface area contributed by atoms with Crippen LogP contribution in [0.3, 0.4) is 0 Å². The topological polar surface area (TPSA) is 96.4 Å². The first kappa shape index (κ1) is 14.2. The first-order chi connectivity index (χ1) is 10.2. The molecule has 2 aliphatic rings. The molecule has 1 aliphatic heterocycles. The second kappa shape index (κ2) is 5.57. The number of aromatic nitrogens is 2. The van der Waals surface area contributed by atoms with E-state index in [9.17, 15) is 9.90 Å². The predicted octanol–water partition coefficient (Wildman–Crippen LogP) is 0.178. The molecule has 2 fully saturated rings. The lowest BCUT2D eigenvalue weighted by molar-refractivity contribution is -0.133. The summed E-state index contributed by atoms with van der Waals surface area (Å²) in [5.41, 5.74) is 0.178. The third kappa shape index (κ3) is 2.47. The summed E-state index contributed by atoms with van der Waals surface area (Å²) in [7, 11) is 1.56. The van der Waals surface area contributed by atoms with Gasteiger partial charge in [0.05, 0.1) is 6.10 Å². The highest BCUT2D eigenvalue weighted by atomic mass is 16.5. The second-order valence-electron chi connectivity index (χ2n) is 5.68. The number of hydrogen-bond donors (Lipinski definition) is 3. The maximum absolute atomic E-state index is 11.4. The summed E-state index contributed by atoms with van der Waals surface area (Å²) in [4.78, 5) is 11.4. The molecule has 3 N–H and O–H groups in total. The Morgan fingerprint density at radius 3 is 2.71 bits per heavy atom. The fraction of sp³-hybridized carbons (Fsp3) is 0.643. The van der Waals surface area contributed by atoms with Gasteiger partial charge in [-0.3, -0.25) is 4.79 Å². The zero-order valence-electron chi connectivity index (χ0n) is 12.0. The van der Waals surface area contributed by atoms with Crippen molar-refractivity contribution in [1.29, 1.82) is 0 Å². The average Bonchev–Trinajstić information content (AvgIpc) is 2.55. The molecular formula is C14H20N4O3. The van der Waals surface area contributed by atoms with E-state index in [1.165, 1.54) is 0 Å². The summed E-state index contributed by atoms with van der Waals surface area (Å²) in [5.74, 6) is 0.374. The standard InChI is InChI=1S/C14H20N4O3/c1-15-13(20)9-2-3-12(18-17-9)16-10-8-11(19)14(10)4-6-21-7-5-14/h2-3,10-11,19H,4-8H2,1H3,(H,15,20)(H,16,18)/t10-,11-/m1/s1. The highest BCUT2D eigenvalue weighted by Crippen LogP contribution is 2.49. The van der Waals surface area contributed by atoms with Crippen LogP contribution in [-0.2, 0) is 4.74 Å². The van der Waals surface area contributed by atoms with Gasteiger partial charge in [0, 0.05) is 31.7 Å². The van der Waals surface area contributed by atoms with Crippen molar-refractivity contribution < 1.29 is 14.6 Å². The molecule has 1 saturated heterocycles. The van der Waals surface area contributed by atoms with E-state index < -0.39 is 0 Å². The first-order valence-corrected chi connectivity index (χ1v) is 7.24. The fourth-order valence-electron chi connectivity index (χ4n) is 3.24. The molecule has 1 aromatic rings. The summed E-state index contributed by atoms with van der Waals surface area (Å²) in [6, 6.07) is 3.56. The van der Waals surface area contributed by atoms with E-state index in [2.05, 4.69) is 20.8 Å². The molecule has 1 amide bonds. The number of carbonyl (C=O) groups is 1. The number of aliphatic hydroxyl groups is 1. The van der Waals surface area contributed by atoms with Crippen LogP contribution in [-0.4, -0.2) is 53.6 Å². The van der Waals surface area contributed by atoms with Gasteiger partial charge in [0.15, 0.2) is 5.69 Å². The second-order valence-corrected chi connectivity index (χ2v) is 5.68. The SMILES string of the molecule is CNC(=O)c1ccc(N[C@@H]2C[C@@H](O)C23CCOCC3)nn1. The van der Waals surface area contributed by atoms with E-state index in [0.29, 0.717) is 25.5 Å². The summed E-state index contributed by atoms with van der Waals surface area (Å²) < 4.78 is 5.39. The van der Waals surface area contributed by atoms with Crippen molar-refractivity contribution in [3.8, 4) is 0 Å². The van der Waals surface area contributed by atoms with Crippen molar-refractivity contribution in [3.05, 3.63) is 17.8 Å². The van der Waals surface area contributed by atoms with E-state index in [4.69, 9.17) is 4.74 Å². The Kier molecular flexibility index (Phi) is 3.77. The zero-order chi connectivity index (χ0) is 14.9. The highest BCUT2D eigenvalue weighted by molar-refractivity contribution is 5.91. The Bertz CT molecular complexity index is 513. The van der Waals surface area contributed by atoms with E-state index in [0.717, 1.165) is 12.8 Å². The van der Waals surface area contributed by atoms with Crippen molar-refractivity contribution in [2.45, 2.75) is 31.4 Å². The quantitative estimate of drug-likeness (QED) is 0.735. The van der Waals surface area contributed by atoms with Gasteiger partial charge in [-0.15, -0.1) is 10.2 Å². The van der Waals surface area contributed by atoms with Crippen LogP contribution in [0.5, 0.6) is 0 Å². The third-order valence-corrected chi connectivity index (χ3v) is 4.69. The smallest absolute Gasteiger partial charge is 0.271 e. The fourth-order valence-corrected chi connectivity index (χ4v) is 3.24. The minimum atomic E-state index is -0.281. The van der Waals surface area contributed by atoms with Gasteiger partial charge in [0.2, 0.25) is 0 Å². The van der Waals surface area contributed by atoms with Crippen molar-refractivity contribution in [2.24, 2.45) is 5.41 Å². The molecule has 0 radical (unpaired) electrons. The average molecular weight is 292 g/mol. The summed E-state index contributed by atoms with van der Waals surface area (Å²) in [6.45, 7) is 1.38. The molecule has 21 heavy (non-hydrogen) atoms. The molecule has 2 atom stereocenters. The maximum atomic E-state index is 11.4. The van der Waals surface area contributed by atoms with Crippen LogP contribution < -0.4 is 10.6 Å². The van der Waals surface area contributed by atoms with Gasteiger partial charge in [0.25, 0.3) is 5.91 Å². The van der Waals surface area contributed by atoms with E-state index in [-0.39, 0.29) is 29.2 Å². The Balaban J connectivity index is 1.68. The first-order valence-electron chi connectivity index (χ1n) is 7.24. The largest absolute Gasteiger partial charge is 0.392 e. The van der Waals surface area contributed by atoms with Gasteiger partial charge < -0.3 is 20.5 Å². The Morgan fingerprint density at radius 1 is 1.38 bits per heavy atom. The third-order valence-electron chi connectivity index (χ3n) is 4.69. The number of hydrogen-bond acceptors (Lipinski definition) is 6. The van der Waals surface area contributed by atoms with E-state index in [1.807, 2.05) is 0 Å². The minimum absolute atomic E-state index is 0.112. The molecule has 0 aromatic carbocycles. The van der Waals surface area contributed by atoms with Gasteiger partial charge >= 0.3 is 0 Å². The summed E-state index contributed by atoms with van der Waals surface area (Å²) >= 11 is 0. The van der Waals surface area contributed by atoms with Gasteiger partial charge in [-0.2, -0.15) is 0 Å². The molecular weight excluding hydrogens is 272 g/mol. The lowest BCUT2D eigenvalue weighted by Gasteiger charge is -2.55. The minimum Gasteiger partial charge on any atom is -0.392 e. The monoisotopic (exact) mass is 292 g/mol. The van der Waals surface area contributed by atoms with Crippen LogP contribution in [0.2, 0.25) is 0 Å². The van der Waals surface area contributed by atoms with E-state index >= 15 is 0 Å². The molecule has 7 heteroatoms. The van der Waals surface area contributed by atoms with Crippen molar-refractivity contribution >= 4 is 11.7 Å². The van der Waals surface area contributed by atoms with Gasteiger partial charge in [-0.25, -0.2) is 0 Å². The number of amides is 1. The normalized spacial score (nSPS) is 27.0. The lowest BCUT2D eigenvalue weighted by Crippen LogP contribution is -2.62. The van der Waals surface area contributed by atoms with Crippen LogP contribution in [0.15, 0.2) is 12.1 Å². The number of nitrogens with one attached hydrogen (secondary N) is 2. The lowest BCUT2D eigenvalue weighted by atomic mass is 9.58. The molecule has 1 aliphatic carbocycles. The Morgan fingerprint density at radius 2 is 2.14 bits per heavy atom. The molecule has 0 unspecified atom stereocenters. The number of aliphatic hydroxyl groups excluding tert-OH is 1. The van der Waals surface area contributed by atoms with Crippen LogP contribution in [0.4, 0.5) is 5.82 Å². The highest BCUT2D eigenvalue weighted by Gasteiger charge is 2.54. The summed E-state index contributed by atoms with van der Waals surface area (Å²) in [6.07, 6.45) is 2.14. The maximum Gasteiger partial charge on any atom is 0.271 e. The molecule has 0 bridgehead atoms. The van der Waals surface area contributed by atoms with Crippen molar-refractivity contribution in [1.82, 2.24) is 15.5 Å². The molecule has 1 aromatic heterocycles. The number of nitrogens with zero attached hydrogens (tertiary/aromatic N) is 2. The Hall–Kier alpha value is -1.73. The van der Waals surface area contributed by atoms with Gasteiger partial charge in [0.1, 0.15) is 5.82 Å². The van der Waals surface area contributed by atoms with Crippen LogP contribution in [0.25, 0.3) is 0 Å². The number of rotatable bonds is 3. The molecule has 114 valence electrons.